The van der Waals surface area contributed by atoms with Crippen molar-refractivity contribution in [2.24, 2.45) is 4.99 Å². The van der Waals surface area contributed by atoms with Crippen LogP contribution < -0.4 is 15.6 Å². The Morgan fingerprint density at radius 1 is 1.07 bits per heavy atom. The van der Waals surface area contributed by atoms with Gasteiger partial charge in [0.05, 0.1) is 13.2 Å². The zero-order valence-electron chi connectivity index (χ0n) is 23.7. The van der Waals surface area contributed by atoms with Gasteiger partial charge < -0.3 is 24.1 Å². The Hall–Kier alpha value is -3.54. The first-order chi connectivity index (χ1) is 20.5. The summed E-state index contributed by atoms with van der Waals surface area (Å²) >= 11 is 3.65. The average Bonchev–Trinajstić information content (AvgIpc) is 3.41. The van der Waals surface area contributed by atoms with E-state index in [1.807, 2.05) is 91.0 Å². The molecule has 0 fully saturated rings. The van der Waals surface area contributed by atoms with E-state index < -0.39 is 17.9 Å². The molecule has 42 heavy (non-hydrogen) atoms. The summed E-state index contributed by atoms with van der Waals surface area (Å²) in [7, 11) is 3.06. The summed E-state index contributed by atoms with van der Waals surface area (Å²) in [6, 6.07) is 24.9. The number of carbonyl (C=O) groups excluding carboxylic acids is 1. The molecular formula is C32H36BrN3O6. The van der Waals surface area contributed by atoms with Crippen LogP contribution in [0.15, 0.2) is 94.4 Å². The minimum absolute atomic E-state index is 0.0640. The molecule has 1 aliphatic rings. The van der Waals surface area contributed by atoms with Crippen molar-refractivity contribution in [3.8, 4) is 5.75 Å². The zero-order valence-corrected chi connectivity index (χ0v) is 25.3. The smallest absolute Gasteiger partial charge is 0.266 e. The number of aliphatic hydroxyl groups excluding tert-OH is 1. The number of hydrazine groups is 1. The Bertz CT molecular complexity index is 1350. The van der Waals surface area contributed by atoms with Crippen molar-refractivity contribution >= 4 is 33.8 Å². The van der Waals surface area contributed by atoms with E-state index in [1.54, 1.807) is 0 Å². The van der Waals surface area contributed by atoms with Crippen LogP contribution in [0.25, 0.3) is 6.08 Å². The fraction of sp³-hybridized carbons (Fsp3) is 0.312. The lowest BCUT2D eigenvalue weighted by molar-refractivity contribution is -0.131. The van der Waals surface area contributed by atoms with Crippen molar-refractivity contribution in [3.05, 3.63) is 106 Å². The standard InChI is InChI=1S/C32H36BrN3O6/c1-39-28(40-2)22-34-36-31(38)32(19-8-12-23-10-4-3-5-11-23)29(26-13-6-7-14-27(26)33)42-30(35-32)24-15-17-25(18-16-24)41-21-9-20-37/h3-8,10-18,28-29,34,37H,9,19-22H2,1-2H3,(H,36,38)/b12-8+/t29-,32-/m0/s1. The van der Waals surface area contributed by atoms with Crippen LogP contribution in [-0.2, 0) is 19.0 Å². The van der Waals surface area contributed by atoms with Gasteiger partial charge in [0.1, 0.15) is 5.75 Å². The van der Waals surface area contributed by atoms with E-state index in [4.69, 9.17) is 29.0 Å². The second kappa shape index (κ2) is 15.6. The van der Waals surface area contributed by atoms with Crippen LogP contribution in [0, 0.1) is 0 Å². The molecule has 222 valence electrons. The Morgan fingerprint density at radius 3 is 2.48 bits per heavy atom. The van der Waals surface area contributed by atoms with E-state index >= 15 is 0 Å². The van der Waals surface area contributed by atoms with Gasteiger partial charge in [0.15, 0.2) is 17.9 Å². The molecule has 9 nitrogen and oxygen atoms in total. The number of nitrogens with one attached hydrogen (secondary N) is 2. The Balaban J connectivity index is 1.71. The number of amides is 1. The number of rotatable bonds is 15. The summed E-state index contributed by atoms with van der Waals surface area (Å²) in [5.41, 5.74) is 6.88. The summed E-state index contributed by atoms with van der Waals surface area (Å²) in [6.07, 6.45) is 3.42. The van der Waals surface area contributed by atoms with Gasteiger partial charge in [-0.25, -0.2) is 10.4 Å². The van der Waals surface area contributed by atoms with Crippen molar-refractivity contribution in [1.82, 2.24) is 10.9 Å². The van der Waals surface area contributed by atoms with Gasteiger partial charge in [0.2, 0.25) is 5.90 Å². The molecule has 4 rings (SSSR count). The first-order valence-corrected chi connectivity index (χ1v) is 14.5. The van der Waals surface area contributed by atoms with Crippen molar-refractivity contribution in [2.45, 2.75) is 30.8 Å². The highest BCUT2D eigenvalue weighted by atomic mass is 79.9. The molecule has 0 saturated carbocycles. The highest BCUT2D eigenvalue weighted by molar-refractivity contribution is 9.10. The highest BCUT2D eigenvalue weighted by Gasteiger charge is 2.53. The molecule has 1 heterocycles. The van der Waals surface area contributed by atoms with E-state index in [2.05, 4.69) is 26.8 Å². The van der Waals surface area contributed by atoms with Crippen LogP contribution in [0.4, 0.5) is 0 Å². The van der Waals surface area contributed by atoms with E-state index in [-0.39, 0.29) is 25.5 Å². The van der Waals surface area contributed by atoms with Crippen LogP contribution in [0.3, 0.4) is 0 Å². The maximum Gasteiger partial charge on any atom is 0.266 e. The topological polar surface area (TPSA) is 111 Å². The normalized spacial score (nSPS) is 18.2. The van der Waals surface area contributed by atoms with Gasteiger partial charge in [0.25, 0.3) is 5.91 Å². The molecule has 2 atom stereocenters. The third-order valence-electron chi connectivity index (χ3n) is 6.75. The van der Waals surface area contributed by atoms with Gasteiger partial charge in [-0.1, -0.05) is 76.6 Å². The first-order valence-electron chi connectivity index (χ1n) is 13.7. The summed E-state index contributed by atoms with van der Waals surface area (Å²) in [5.74, 6) is 0.636. The minimum atomic E-state index is -1.36. The van der Waals surface area contributed by atoms with Crippen LogP contribution in [-0.4, -0.2) is 62.7 Å². The fourth-order valence-electron chi connectivity index (χ4n) is 4.50. The lowest BCUT2D eigenvalue weighted by Crippen LogP contribution is -2.54. The summed E-state index contributed by atoms with van der Waals surface area (Å²) in [5, 5.41) is 9.03. The van der Waals surface area contributed by atoms with Crippen LogP contribution in [0.2, 0.25) is 0 Å². The van der Waals surface area contributed by atoms with E-state index in [0.29, 0.717) is 30.2 Å². The molecule has 1 amide bonds. The number of carbonyl (C=O) groups is 1. The number of ether oxygens (including phenoxy) is 4. The lowest BCUT2D eigenvalue weighted by Gasteiger charge is -2.30. The van der Waals surface area contributed by atoms with E-state index in [1.165, 1.54) is 14.2 Å². The number of hydrogen-bond donors (Lipinski definition) is 3. The van der Waals surface area contributed by atoms with Crippen molar-refractivity contribution in [3.63, 3.8) is 0 Å². The molecule has 0 bridgehead atoms. The van der Waals surface area contributed by atoms with Crippen molar-refractivity contribution in [1.29, 1.82) is 0 Å². The Morgan fingerprint density at radius 2 is 1.79 bits per heavy atom. The molecular weight excluding hydrogens is 602 g/mol. The van der Waals surface area contributed by atoms with Crippen LogP contribution in [0.1, 0.15) is 35.6 Å². The predicted molar refractivity (Wildman–Crippen MR) is 165 cm³/mol. The van der Waals surface area contributed by atoms with E-state index in [9.17, 15) is 4.79 Å². The highest BCUT2D eigenvalue weighted by Crippen LogP contribution is 2.45. The number of aliphatic imine (C=N–C) groups is 1. The molecule has 3 aromatic rings. The lowest BCUT2D eigenvalue weighted by atomic mass is 9.84. The number of aliphatic hydroxyl groups is 1. The molecule has 0 saturated heterocycles. The molecule has 3 N–H and O–H groups in total. The van der Waals surface area contributed by atoms with E-state index in [0.717, 1.165) is 15.6 Å². The molecule has 0 aromatic heterocycles. The van der Waals surface area contributed by atoms with Gasteiger partial charge >= 0.3 is 0 Å². The van der Waals surface area contributed by atoms with Gasteiger partial charge in [-0.15, -0.1) is 0 Å². The van der Waals surface area contributed by atoms with Gasteiger partial charge in [-0.05, 0) is 35.9 Å². The number of methoxy groups -OCH3 is 2. The largest absolute Gasteiger partial charge is 0.494 e. The van der Waals surface area contributed by atoms with Crippen molar-refractivity contribution < 1.29 is 28.8 Å². The molecule has 1 aliphatic heterocycles. The summed E-state index contributed by atoms with van der Waals surface area (Å²) in [4.78, 5) is 19.1. The maximum absolute atomic E-state index is 14.1. The van der Waals surface area contributed by atoms with Crippen LogP contribution >= 0.6 is 15.9 Å². The number of halogens is 1. The van der Waals surface area contributed by atoms with Crippen molar-refractivity contribution in [2.75, 3.05) is 34.0 Å². The molecule has 10 heteroatoms. The second-order valence-electron chi connectivity index (χ2n) is 9.56. The van der Waals surface area contributed by atoms with Gasteiger partial charge in [-0.3, -0.25) is 10.2 Å². The third-order valence-corrected chi connectivity index (χ3v) is 7.48. The average molecular weight is 639 g/mol. The predicted octanol–water partition coefficient (Wildman–Crippen LogP) is 4.81. The quantitative estimate of drug-likeness (QED) is 0.125. The number of hydrogen-bond acceptors (Lipinski definition) is 8. The summed E-state index contributed by atoms with van der Waals surface area (Å²) in [6.45, 7) is 0.701. The Kier molecular flexibility index (Phi) is 11.7. The molecule has 0 spiro atoms. The number of nitrogens with zero attached hydrogens (tertiary/aromatic N) is 1. The zero-order chi connectivity index (χ0) is 29.8. The fourth-order valence-corrected chi connectivity index (χ4v) is 5.00. The molecule has 0 aliphatic carbocycles. The molecule has 0 unspecified atom stereocenters. The SMILES string of the molecule is COC(CNNC(=O)[C@@]1(C/C=C/c2ccccc2)N=C(c2ccc(OCCCO)cc2)O[C@H]1c1ccccc1Br)OC. The third kappa shape index (κ3) is 7.84. The Labute approximate surface area is 254 Å². The summed E-state index contributed by atoms with van der Waals surface area (Å²) < 4.78 is 23.5. The minimum Gasteiger partial charge on any atom is -0.494 e. The maximum atomic E-state index is 14.1. The van der Waals surface area contributed by atoms with Gasteiger partial charge in [0, 0.05) is 49.3 Å². The molecule has 3 aromatic carbocycles. The first kappa shape index (κ1) is 31.4. The second-order valence-corrected chi connectivity index (χ2v) is 10.4. The molecule has 0 radical (unpaired) electrons. The monoisotopic (exact) mass is 637 g/mol. The number of benzene rings is 3. The van der Waals surface area contributed by atoms with Gasteiger partial charge in [-0.2, -0.15) is 0 Å². The van der Waals surface area contributed by atoms with Crippen LogP contribution in [0.5, 0.6) is 5.75 Å².